The summed E-state index contributed by atoms with van der Waals surface area (Å²) in [7, 11) is 0. The van der Waals surface area contributed by atoms with Crippen molar-refractivity contribution in [2.24, 2.45) is 0 Å². The molecular weight excluding hydrogens is 420 g/mol. The number of thioether (sulfide) groups is 1. The van der Waals surface area contributed by atoms with Crippen molar-refractivity contribution in [3.63, 3.8) is 0 Å². The van der Waals surface area contributed by atoms with Crippen molar-refractivity contribution in [3.8, 4) is 17.1 Å². The molecule has 0 saturated carbocycles. The number of nitrogens with zero attached hydrogens (tertiary/aromatic N) is 4. The molecule has 7 heteroatoms. The topological polar surface area (TPSA) is 73.8 Å². The second-order valence-electron chi connectivity index (χ2n) is 7.41. The predicted octanol–water partition coefficient (Wildman–Crippen LogP) is 5.60. The standard InChI is InChI=1S/C25H20N4O2S/c1-16-10-6-9-15-21(16)29-24(30)19-13-7-8-14-20(19)26-25(29)32-17(2)22-27-28-23(31-22)18-11-4-3-5-12-18/h3-15,17H,1-2H3. The molecule has 2 aromatic heterocycles. The number of fused-ring (bicyclic) bond motifs is 1. The van der Waals surface area contributed by atoms with Crippen LogP contribution in [0.1, 0.15) is 23.6 Å². The molecule has 2 heterocycles. The third-order valence-electron chi connectivity index (χ3n) is 5.19. The Morgan fingerprint density at radius 3 is 2.44 bits per heavy atom. The number of hydrogen-bond donors (Lipinski definition) is 0. The van der Waals surface area contributed by atoms with E-state index in [2.05, 4.69) is 10.2 Å². The summed E-state index contributed by atoms with van der Waals surface area (Å²) in [5.41, 5.74) is 3.22. The monoisotopic (exact) mass is 440 g/mol. The second kappa shape index (κ2) is 8.43. The minimum absolute atomic E-state index is 0.102. The zero-order valence-corrected chi connectivity index (χ0v) is 18.4. The lowest BCUT2D eigenvalue weighted by Crippen LogP contribution is -2.22. The van der Waals surface area contributed by atoms with Crippen molar-refractivity contribution >= 4 is 22.7 Å². The van der Waals surface area contributed by atoms with Crippen molar-refractivity contribution in [3.05, 3.63) is 101 Å². The summed E-state index contributed by atoms with van der Waals surface area (Å²) in [5, 5.41) is 9.39. The molecule has 3 aromatic carbocycles. The van der Waals surface area contributed by atoms with Crippen LogP contribution in [0.25, 0.3) is 28.0 Å². The maximum Gasteiger partial charge on any atom is 0.266 e. The zero-order chi connectivity index (χ0) is 22.1. The van der Waals surface area contributed by atoms with E-state index in [0.29, 0.717) is 27.8 Å². The van der Waals surface area contributed by atoms with Gasteiger partial charge in [0, 0.05) is 5.56 Å². The Morgan fingerprint density at radius 2 is 1.62 bits per heavy atom. The minimum atomic E-state index is -0.205. The Hall–Kier alpha value is -3.71. The Labute approximate surface area is 189 Å². The van der Waals surface area contributed by atoms with E-state index in [-0.39, 0.29) is 10.8 Å². The van der Waals surface area contributed by atoms with E-state index in [0.717, 1.165) is 16.8 Å². The van der Waals surface area contributed by atoms with Crippen LogP contribution in [0, 0.1) is 6.92 Å². The molecule has 0 aliphatic carbocycles. The van der Waals surface area contributed by atoms with Crippen LogP contribution in [0.3, 0.4) is 0 Å². The van der Waals surface area contributed by atoms with Crippen LogP contribution >= 0.6 is 11.8 Å². The Bertz CT molecular complexity index is 1460. The number of rotatable bonds is 5. The van der Waals surface area contributed by atoms with Crippen LogP contribution in [0.5, 0.6) is 0 Å². The molecule has 5 aromatic rings. The molecule has 0 radical (unpaired) electrons. The fourth-order valence-corrected chi connectivity index (χ4v) is 4.47. The summed E-state index contributed by atoms with van der Waals surface area (Å²) in [4.78, 5) is 18.3. The maximum atomic E-state index is 13.5. The molecule has 0 bridgehead atoms. The first-order chi connectivity index (χ1) is 15.6. The van der Waals surface area contributed by atoms with E-state index in [1.165, 1.54) is 11.8 Å². The molecule has 5 rings (SSSR count). The largest absolute Gasteiger partial charge is 0.419 e. The van der Waals surface area contributed by atoms with Gasteiger partial charge in [-0.2, -0.15) is 0 Å². The number of hydrogen-bond acceptors (Lipinski definition) is 6. The van der Waals surface area contributed by atoms with E-state index < -0.39 is 0 Å². The average Bonchev–Trinajstić information content (AvgIpc) is 3.31. The van der Waals surface area contributed by atoms with Crippen LogP contribution in [-0.2, 0) is 0 Å². The van der Waals surface area contributed by atoms with Crippen molar-refractivity contribution in [1.82, 2.24) is 19.7 Å². The highest BCUT2D eigenvalue weighted by Crippen LogP contribution is 2.35. The summed E-state index contributed by atoms with van der Waals surface area (Å²) in [6.07, 6.45) is 0. The quantitative estimate of drug-likeness (QED) is 0.262. The second-order valence-corrected chi connectivity index (χ2v) is 8.72. The van der Waals surface area contributed by atoms with E-state index in [4.69, 9.17) is 9.40 Å². The predicted molar refractivity (Wildman–Crippen MR) is 126 cm³/mol. The van der Waals surface area contributed by atoms with Crippen LogP contribution in [-0.4, -0.2) is 19.7 Å². The number of aromatic nitrogens is 4. The van der Waals surface area contributed by atoms with Gasteiger partial charge in [0.1, 0.15) is 0 Å². The molecule has 0 N–H and O–H groups in total. The zero-order valence-electron chi connectivity index (χ0n) is 17.6. The van der Waals surface area contributed by atoms with Gasteiger partial charge in [0.15, 0.2) is 5.16 Å². The molecule has 0 fully saturated rings. The van der Waals surface area contributed by atoms with Crippen molar-refractivity contribution in [2.75, 3.05) is 0 Å². The lowest BCUT2D eigenvalue weighted by molar-refractivity contribution is 0.508. The van der Waals surface area contributed by atoms with Gasteiger partial charge in [-0.15, -0.1) is 10.2 Å². The number of benzene rings is 3. The summed E-state index contributed by atoms with van der Waals surface area (Å²) < 4.78 is 7.61. The van der Waals surface area contributed by atoms with Gasteiger partial charge >= 0.3 is 0 Å². The molecule has 0 spiro atoms. The van der Waals surface area contributed by atoms with Gasteiger partial charge in [-0.05, 0) is 49.7 Å². The van der Waals surface area contributed by atoms with Gasteiger partial charge in [-0.3, -0.25) is 9.36 Å². The summed E-state index contributed by atoms with van der Waals surface area (Å²) >= 11 is 1.42. The first-order valence-electron chi connectivity index (χ1n) is 10.2. The molecule has 32 heavy (non-hydrogen) atoms. The molecular formula is C25H20N4O2S. The van der Waals surface area contributed by atoms with Crippen LogP contribution in [0.4, 0.5) is 0 Å². The fraction of sp³-hybridized carbons (Fsp3) is 0.120. The average molecular weight is 441 g/mol. The Morgan fingerprint density at radius 1 is 0.906 bits per heavy atom. The van der Waals surface area contributed by atoms with E-state index in [1.807, 2.05) is 92.7 Å². The molecule has 0 aliphatic rings. The first kappa shape index (κ1) is 20.2. The van der Waals surface area contributed by atoms with Crippen LogP contribution in [0.15, 0.2) is 93.2 Å². The normalized spacial score (nSPS) is 12.2. The molecule has 0 aliphatic heterocycles. The van der Waals surface area contributed by atoms with Crippen LogP contribution < -0.4 is 5.56 Å². The van der Waals surface area contributed by atoms with Crippen molar-refractivity contribution in [2.45, 2.75) is 24.3 Å². The Balaban J connectivity index is 1.58. The van der Waals surface area contributed by atoms with Gasteiger partial charge in [0.25, 0.3) is 5.56 Å². The highest BCUT2D eigenvalue weighted by Gasteiger charge is 2.21. The highest BCUT2D eigenvalue weighted by atomic mass is 32.2. The number of aryl methyl sites for hydroxylation is 1. The summed E-state index contributed by atoms with van der Waals surface area (Å²) in [6.45, 7) is 3.95. The van der Waals surface area contributed by atoms with Crippen LogP contribution in [0.2, 0.25) is 0 Å². The first-order valence-corrected chi connectivity index (χ1v) is 11.1. The molecule has 1 unspecified atom stereocenters. The minimum Gasteiger partial charge on any atom is -0.419 e. The third-order valence-corrected chi connectivity index (χ3v) is 6.23. The SMILES string of the molecule is Cc1ccccc1-n1c(SC(C)c2nnc(-c3ccccc3)o2)nc2ccccc2c1=O. The van der Waals surface area contributed by atoms with Crippen molar-refractivity contribution in [1.29, 1.82) is 0 Å². The lowest BCUT2D eigenvalue weighted by atomic mass is 10.2. The summed E-state index contributed by atoms with van der Waals surface area (Å²) in [5.74, 6) is 0.948. The Kier molecular flexibility index (Phi) is 5.33. The maximum absolute atomic E-state index is 13.5. The van der Waals surface area contributed by atoms with E-state index in [9.17, 15) is 4.79 Å². The number of para-hydroxylation sites is 2. The molecule has 0 amide bonds. The van der Waals surface area contributed by atoms with Gasteiger partial charge < -0.3 is 4.42 Å². The molecule has 6 nitrogen and oxygen atoms in total. The van der Waals surface area contributed by atoms with E-state index in [1.54, 1.807) is 4.57 Å². The summed E-state index contributed by atoms with van der Waals surface area (Å²) in [6, 6.07) is 24.8. The fourth-order valence-electron chi connectivity index (χ4n) is 3.52. The van der Waals surface area contributed by atoms with Gasteiger partial charge in [-0.1, -0.05) is 60.3 Å². The molecule has 158 valence electrons. The van der Waals surface area contributed by atoms with Gasteiger partial charge in [0.05, 0.1) is 21.8 Å². The molecule has 0 saturated heterocycles. The smallest absolute Gasteiger partial charge is 0.266 e. The van der Waals surface area contributed by atoms with Crippen molar-refractivity contribution < 1.29 is 4.42 Å². The van der Waals surface area contributed by atoms with Gasteiger partial charge in [-0.25, -0.2) is 4.98 Å². The van der Waals surface area contributed by atoms with Gasteiger partial charge in [0.2, 0.25) is 11.8 Å². The third kappa shape index (κ3) is 3.71. The molecule has 1 atom stereocenters. The lowest BCUT2D eigenvalue weighted by Gasteiger charge is -2.16. The van der Waals surface area contributed by atoms with E-state index >= 15 is 0 Å². The highest BCUT2D eigenvalue weighted by molar-refractivity contribution is 7.99.